The molecule has 1 N–H and O–H groups in total. The Kier molecular flexibility index (Phi) is 5.48. The molecule has 2 amide bonds. The van der Waals surface area contributed by atoms with Crippen molar-refractivity contribution in [1.82, 2.24) is 20.0 Å². The Morgan fingerprint density at radius 3 is 3.00 bits per heavy atom. The molecule has 0 aliphatic heterocycles. The number of urea groups is 1. The third-order valence-corrected chi connectivity index (χ3v) is 2.39. The van der Waals surface area contributed by atoms with Gasteiger partial charge in [-0.3, -0.25) is 4.68 Å². The van der Waals surface area contributed by atoms with Crippen LogP contribution in [0.3, 0.4) is 0 Å². The fourth-order valence-electron chi connectivity index (χ4n) is 1.42. The summed E-state index contributed by atoms with van der Waals surface area (Å²) in [6.07, 6.45) is 4.46. The summed E-state index contributed by atoms with van der Waals surface area (Å²) in [7, 11) is 5.28. The predicted octanol–water partition coefficient (Wildman–Crippen LogP) is 0.598. The van der Waals surface area contributed by atoms with E-state index < -0.39 is 0 Å². The molecule has 1 rings (SSSR count). The fraction of sp³-hybridized carbons (Fsp3) is 0.636. The maximum absolute atomic E-state index is 11.7. The first-order valence-electron chi connectivity index (χ1n) is 5.59. The lowest BCUT2D eigenvalue weighted by Crippen LogP contribution is -2.37. The van der Waals surface area contributed by atoms with Gasteiger partial charge in [-0.05, 0) is 6.42 Å². The number of carbonyl (C=O) groups is 1. The number of amides is 2. The van der Waals surface area contributed by atoms with E-state index in [1.54, 1.807) is 29.9 Å². The lowest BCUT2D eigenvalue weighted by molar-refractivity contribution is 0.175. The summed E-state index contributed by atoms with van der Waals surface area (Å²) >= 11 is 0. The van der Waals surface area contributed by atoms with Crippen molar-refractivity contribution in [3.63, 3.8) is 0 Å². The molecule has 6 nitrogen and oxygen atoms in total. The van der Waals surface area contributed by atoms with Gasteiger partial charge >= 0.3 is 6.03 Å². The molecular weight excluding hydrogens is 220 g/mol. The summed E-state index contributed by atoms with van der Waals surface area (Å²) in [5.74, 6) is 0. The largest absolute Gasteiger partial charge is 0.385 e. The molecular formula is C11H20N4O2. The predicted molar refractivity (Wildman–Crippen MR) is 64.6 cm³/mol. The average Bonchev–Trinajstić information content (AvgIpc) is 2.72. The van der Waals surface area contributed by atoms with E-state index in [2.05, 4.69) is 10.4 Å². The molecule has 0 aliphatic rings. The minimum atomic E-state index is -0.0787. The van der Waals surface area contributed by atoms with Crippen LogP contribution in [0.15, 0.2) is 12.4 Å². The standard InChI is InChI=1S/C11H20N4O2/c1-14(5-4-6-17-3)11(16)12-7-10-8-13-15(2)9-10/h8-9H,4-7H2,1-3H3,(H,12,16). The van der Waals surface area contributed by atoms with Crippen LogP contribution in [0.4, 0.5) is 4.79 Å². The van der Waals surface area contributed by atoms with Gasteiger partial charge in [0.2, 0.25) is 0 Å². The van der Waals surface area contributed by atoms with Crippen LogP contribution in [0.25, 0.3) is 0 Å². The third kappa shape index (κ3) is 4.86. The second-order valence-electron chi connectivity index (χ2n) is 3.95. The number of carbonyl (C=O) groups excluding carboxylic acids is 1. The van der Waals surface area contributed by atoms with E-state index in [9.17, 15) is 4.79 Å². The quantitative estimate of drug-likeness (QED) is 0.741. The number of hydrogen-bond donors (Lipinski definition) is 1. The Hall–Kier alpha value is -1.56. The molecule has 96 valence electrons. The number of ether oxygens (including phenoxy) is 1. The van der Waals surface area contributed by atoms with Crippen molar-refractivity contribution in [2.24, 2.45) is 7.05 Å². The molecule has 1 aromatic heterocycles. The summed E-state index contributed by atoms with van der Waals surface area (Å²) in [4.78, 5) is 13.3. The first kappa shape index (κ1) is 13.5. The van der Waals surface area contributed by atoms with Crippen LogP contribution in [-0.2, 0) is 18.3 Å². The summed E-state index contributed by atoms with van der Waals surface area (Å²) in [6.45, 7) is 1.86. The first-order valence-corrected chi connectivity index (χ1v) is 5.59. The van der Waals surface area contributed by atoms with E-state index in [0.717, 1.165) is 12.0 Å². The number of nitrogens with zero attached hydrogens (tertiary/aromatic N) is 3. The average molecular weight is 240 g/mol. The van der Waals surface area contributed by atoms with Crippen LogP contribution < -0.4 is 5.32 Å². The molecule has 0 radical (unpaired) electrons. The minimum absolute atomic E-state index is 0.0787. The Labute approximate surface area is 102 Å². The van der Waals surface area contributed by atoms with Crippen molar-refractivity contribution in [3.8, 4) is 0 Å². The smallest absolute Gasteiger partial charge is 0.317 e. The van der Waals surface area contributed by atoms with Gasteiger partial charge in [-0.25, -0.2) is 4.79 Å². The van der Waals surface area contributed by atoms with E-state index >= 15 is 0 Å². The first-order chi connectivity index (χ1) is 8.13. The zero-order chi connectivity index (χ0) is 12.7. The summed E-state index contributed by atoms with van der Waals surface area (Å²) < 4.78 is 6.65. The van der Waals surface area contributed by atoms with E-state index in [4.69, 9.17) is 4.74 Å². The van der Waals surface area contributed by atoms with Gasteiger partial charge in [-0.2, -0.15) is 5.10 Å². The highest BCUT2D eigenvalue weighted by atomic mass is 16.5. The molecule has 0 saturated heterocycles. The second-order valence-corrected chi connectivity index (χ2v) is 3.95. The number of aryl methyl sites for hydroxylation is 1. The highest BCUT2D eigenvalue weighted by Gasteiger charge is 2.07. The van der Waals surface area contributed by atoms with Crippen LogP contribution >= 0.6 is 0 Å². The van der Waals surface area contributed by atoms with Gasteiger partial charge in [0.05, 0.1) is 6.20 Å². The van der Waals surface area contributed by atoms with Gasteiger partial charge in [0.25, 0.3) is 0 Å². The molecule has 0 bridgehead atoms. The van der Waals surface area contributed by atoms with Crippen LogP contribution in [-0.4, -0.2) is 48.0 Å². The van der Waals surface area contributed by atoms with Gasteiger partial charge in [0.15, 0.2) is 0 Å². The van der Waals surface area contributed by atoms with E-state index in [1.165, 1.54) is 0 Å². The Morgan fingerprint density at radius 1 is 1.65 bits per heavy atom. The molecule has 17 heavy (non-hydrogen) atoms. The molecule has 0 saturated carbocycles. The van der Waals surface area contributed by atoms with Crippen LogP contribution in [0, 0.1) is 0 Å². The van der Waals surface area contributed by atoms with Crippen molar-refractivity contribution in [2.75, 3.05) is 27.3 Å². The van der Waals surface area contributed by atoms with Gasteiger partial charge in [0, 0.05) is 52.7 Å². The van der Waals surface area contributed by atoms with Crippen molar-refractivity contribution in [1.29, 1.82) is 0 Å². The molecule has 0 fully saturated rings. The number of aromatic nitrogens is 2. The molecule has 6 heteroatoms. The van der Waals surface area contributed by atoms with Gasteiger partial charge in [-0.1, -0.05) is 0 Å². The molecule has 1 heterocycles. The summed E-state index contributed by atoms with van der Waals surface area (Å²) in [6, 6.07) is -0.0787. The van der Waals surface area contributed by atoms with E-state index in [1.807, 2.05) is 13.2 Å². The zero-order valence-corrected chi connectivity index (χ0v) is 10.6. The van der Waals surface area contributed by atoms with Gasteiger partial charge < -0.3 is 15.0 Å². The Balaban J connectivity index is 2.24. The summed E-state index contributed by atoms with van der Waals surface area (Å²) in [5, 5.41) is 6.87. The van der Waals surface area contributed by atoms with Crippen LogP contribution in [0.5, 0.6) is 0 Å². The fourth-order valence-corrected chi connectivity index (χ4v) is 1.42. The highest BCUT2D eigenvalue weighted by Crippen LogP contribution is 1.96. The Bertz CT molecular complexity index is 351. The normalized spacial score (nSPS) is 10.3. The topological polar surface area (TPSA) is 59.4 Å². The van der Waals surface area contributed by atoms with Gasteiger partial charge in [-0.15, -0.1) is 0 Å². The lowest BCUT2D eigenvalue weighted by Gasteiger charge is -2.17. The highest BCUT2D eigenvalue weighted by molar-refractivity contribution is 5.73. The zero-order valence-electron chi connectivity index (χ0n) is 10.6. The van der Waals surface area contributed by atoms with Gasteiger partial charge in [0.1, 0.15) is 0 Å². The maximum atomic E-state index is 11.7. The van der Waals surface area contributed by atoms with Crippen molar-refractivity contribution in [2.45, 2.75) is 13.0 Å². The number of rotatable bonds is 6. The van der Waals surface area contributed by atoms with Crippen LogP contribution in [0.1, 0.15) is 12.0 Å². The SMILES string of the molecule is COCCCN(C)C(=O)NCc1cnn(C)c1. The van der Waals surface area contributed by atoms with Crippen molar-refractivity contribution >= 4 is 6.03 Å². The molecule has 0 aliphatic carbocycles. The Morgan fingerprint density at radius 2 is 2.41 bits per heavy atom. The molecule has 1 aromatic rings. The lowest BCUT2D eigenvalue weighted by atomic mass is 10.3. The van der Waals surface area contributed by atoms with E-state index in [0.29, 0.717) is 19.7 Å². The van der Waals surface area contributed by atoms with Crippen molar-refractivity contribution < 1.29 is 9.53 Å². The van der Waals surface area contributed by atoms with Crippen LogP contribution in [0.2, 0.25) is 0 Å². The number of nitrogens with one attached hydrogen (secondary N) is 1. The molecule has 0 spiro atoms. The third-order valence-electron chi connectivity index (χ3n) is 2.39. The molecule has 0 unspecified atom stereocenters. The van der Waals surface area contributed by atoms with E-state index in [-0.39, 0.29) is 6.03 Å². The monoisotopic (exact) mass is 240 g/mol. The number of hydrogen-bond acceptors (Lipinski definition) is 3. The second kappa shape index (κ2) is 6.90. The summed E-state index contributed by atoms with van der Waals surface area (Å²) in [5.41, 5.74) is 0.992. The molecule has 0 aromatic carbocycles. The van der Waals surface area contributed by atoms with Crippen molar-refractivity contribution in [3.05, 3.63) is 18.0 Å². The number of methoxy groups -OCH3 is 1. The minimum Gasteiger partial charge on any atom is -0.385 e. The maximum Gasteiger partial charge on any atom is 0.317 e. The molecule has 0 atom stereocenters.